The molecule has 0 saturated heterocycles. The van der Waals surface area contributed by atoms with Crippen LogP contribution in [0.3, 0.4) is 0 Å². The van der Waals surface area contributed by atoms with Crippen molar-refractivity contribution in [3.8, 4) is 0 Å². The fourth-order valence-corrected chi connectivity index (χ4v) is 1.76. The molecule has 0 amide bonds. The Bertz CT molecular complexity index is 218. The van der Waals surface area contributed by atoms with Crippen LogP contribution in [0, 0.1) is 5.41 Å². The fourth-order valence-electron chi connectivity index (χ4n) is 1.76. The Kier molecular flexibility index (Phi) is 1.87. The molecule has 0 aromatic rings. The van der Waals surface area contributed by atoms with Gasteiger partial charge in [0.15, 0.2) is 0 Å². The number of rotatable bonds is 0. The van der Waals surface area contributed by atoms with Gasteiger partial charge in [0.05, 0.1) is 11.7 Å². The third-order valence-corrected chi connectivity index (χ3v) is 2.00. The lowest BCUT2D eigenvalue weighted by molar-refractivity contribution is 0.472. The molecule has 0 bridgehead atoms. The van der Waals surface area contributed by atoms with Gasteiger partial charge in [-0.25, -0.2) is 0 Å². The van der Waals surface area contributed by atoms with Crippen molar-refractivity contribution in [1.29, 1.82) is 0 Å². The molecule has 2 nitrogen and oxygen atoms in total. The van der Waals surface area contributed by atoms with E-state index in [1.807, 2.05) is 6.92 Å². The summed E-state index contributed by atoms with van der Waals surface area (Å²) in [7, 11) is 0. The average Bonchev–Trinajstić information content (AvgIpc) is 2.08. The first-order valence-electron chi connectivity index (χ1n) is 4.05. The predicted molar refractivity (Wildman–Crippen MR) is 46.5 cm³/mol. The summed E-state index contributed by atoms with van der Waals surface area (Å²) in [6, 6.07) is 0.287. The third-order valence-electron chi connectivity index (χ3n) is 2.00. The van der Waals surface area contributed by atoms with Gasteiger partial charge in [0.1, 0.15) is 0 Å². The van der Waals surface area contributed by atoms with Crippen molar-refractivity contribution in [2.45, 2.75) is 40.7 Å². The van der Waals surface area contributed by atoms with Crippen molar-refractivity contribution in [1.82, 2.24) is 0 Å². The maximum atomic E-state index is 4.12. The van der Waals surface area contributed by atoms with Gasteiger partial charge in [-0.1, -0.05) is 20.8 Å². The first-order chi connectivity index (χ1) is 4.93. The van der Waals surface area contributed by atoms with Crippen molar-refractivity contribution in [2.24, 2.45) is 15.6 Å². The van der Waals surface area contributed by atoms with E-state index < -0.39 is 0 Å². The van der Waals surface area contributed by atoms with Crippen molar-refractivity contribution < 1.29 is 0 Å². The molecule has 1 rings (SSSR count). The lowest BCUT2D eigenvalue weighted by Crippen LogP contribution is -2.17. The number of hydrogen-bond donors (Lipinski definition) is 0. The summed E-state index contributed by atoms with van der Waals surface area (Å²) in [5.74, 6) is 0. The molecule has 1 atom stereocenters. The topological polar surface area (TPSA) is 24.7 Å². The molecule has 62 valence electrons. The highest BCUT2D eigenvalue weighted by atomic mass is 15.2. The SMILES string of the molecule is CC1=C(C(C)(C)C)C(C)N=N1. The van der Waals surface area contributed by atoms with Crippen molar-refractivity contribution in [3.05, 3.63) is 11.3 Å². The van der Waals surface area contributed by atoms with Gasteiger partial charge in [-0.3, -0.25) is 0 Å². The molecule has 1 aliphatic heterocycles. The zero-order chi connectivity index (χ0) is 8.65. The summed E-state index contributed by atoms with van der Waals surface area (Å²) in [5.41, 5.74) is 2.69. The molecule has 0 radical (unpaired) electrons. The van der Waals surface area contributed by atoms with Crippen molar-refractivity contribution >= 4 is 0 Å². The van der Waals surface area contributed by atoms with Crippen LogP contribution >= 0.6 is 0 Å². The second-order valence-electron chi connectivity index (χ2n) is 4.14. The second-order valence-corrected chi connectivity index (χ2v) is 4.14. The summed E-state index contributed by atoms with van der Waals surface area (Å²) in [5, 5.41) is 8.19. The van der Waals surface area contributed by atoms with Gasteiger partial charge in [-0.15, -0.1) is 0 Å². The summed E-state index contributed by atoms with van der Waals surface area (Å²) >= 11 is 0. The van der Waals surface area contributed by atoms with Crippen LogP contribution in [0.25, 0.3) is 0 Å². The van der Waals surface area contributed by atoms with Crippen LogP contribution in [0.2, 0.25) is 0 Å². The van der Waals surface area contributed by atoms with E-state index in [0.717, 1.165) is 5.70 Å². The van der Waals surface area contributed by atoms with Gasteiger partial charge in [0, 0.05) is 0 Å². The molecule has 0 fully saturated rings. The van der Waals surface area contributed by atoms with Crippen LogP contribution in [-0.4, -0.2) is 6.04 Å². The molecule has 2 heteroatoms. The highest BCUT2D eigenvalue weighted by Crippen LogP contribution is 2.35. The lowest BCUT2D eigenvalue weighted by atomic mass is 9.82. The predicted octanol–water partition coefficient (Wildman–Crippen LogP) is 3.16. The monoisotopic (exact) mass is 152 g/mol. The Morgan fingerprint density at radius 3 is 2.00 bits per heavy atom. The third kappa shape index (κ3) is 1.50. The highest BCUT2D eigenvalue weighted by Gasteiger charge is 2.27. The minimum atomic E-state index is 0.215. The van der Waals surface area contributed by atoms with Gasteiger partial charge >= 0.3 is 0 Å². The summed E-state index contributed by atoms with van der Waals surface area (Å²) in [6.45, 7) is 10.8. The van der Waals surface area contributed by atoms with E-state index >= 15 is 0 Å². The molecule has 0 aromatic heterocycles. The van der Waals surface area contributed by atoms with Crippen LogP contribution in [0.4, 0.5) is 0 Å². The van der Waals surface area contributed by atoms with E-state index in [4.69, 9.17) is 0 Å². The standard InChI is InChI=1S/C9H16N2/c1-6-8(9(3,4)5)7(2)11-10-6/h6H,1-5H3. The lowest BCUT2D eigenvalue weighted by Gasteiger charge is -2.23. The van der Waals surface area contributed by atoms with Crippen LogP contribution in [-0.2, 0) is 0 Å². The Labute approximate surface area is 68.4 Å². The molecule has 0 spiro atoms. The number of allylic oxidation sites excluding steroid dienone is 1. The van der Waals surface area contributed by atoms with Gasteiger partial charge < -0.3 is 0 Å². The van der Waals surface area contributed by atoms with Crippen LogP contribution in [0.1, 0.15) is 34.6 Å². The average molecular weight is 152 g/mol. The molecule has 0 aromatic carbocycles. The van der Waals surface area contributed by atoms with Crippen molar-refractivity contribution in [3.63, 3.8) is 0 Å². The summed E-state index contributed by atoms with van der Waals surface area (Å²) in [6.07, 6.45) is 0. The van der Waals surface area contributed by atoms with E-state index in [-0.39, 0.29) is 11.5 Å². The highest BCUT2D eigenvalue weighted by molar-refractivity contribution is 5.25. The zero-order valence-electron chi connectivity index (χ0n) is 7.97. The van der Waals surface area contributed by atoms with Gasteiger partial charge in [0.25, 0.3) is 0 Å². The van der Waals surface area contributed by atoms with Crippen LogP contribution < -0.4 is 0 Å². The van der Waals surface area contributed by atoms with Gasteiger partial charge in [-0.05, 0) is 24.8 Å². The normalized spacial score (nSPS) is 25.0. The second kappa shape index (κ2) is 2.43. The minimum absolute atomic E-state index is 0.215. The fraction of sp³-hybridized carbons (Fsp3) is 0.778. The number of hydrogen-bond acceptors (Lipinski definition) is 2. The molecule has 1 heterocycles. The summed E-state index contributed by atoms with van der Waals surface area (Å²) in [4.78, 5) is 0. The van der Waals surface area contributed by atoms with Gasteiger partial charge in [-0.2, -0.15) is 10.2 Å². The van der Waals surface area contributed by atoms with Crippen molar-refractivity contribution in [2.75, 3.05) is 0 Å². The van der Waals surface area contributed by atoms with Crippen LogP contribution in [0.5, 0.6) is 0 Å². The van der Waals surface area contributed by atoms with E-state index in [1.165, 1.54) is 5.57 Å². The quantitative estimate of drug-likeness (QED) is 0.509. The first kappa shape index (κ1) is 8.44. The Balaban J connectivity index is 2.98. The Morgan fingerprint density at radius 2 is 1.82 bits per heavy atom. The molecular weight excluding hydrogens is 136 g/mol. The number of nitrogens with zero attached hydrogens (tertiary/aromatic N) is 2. The summed E-state index contributed by atoms with van der Waals surface area (Å²) < 4.78 is 0. The molecular formula is C9H16N2. The molecule has 0 saturated carbocycles. The molecule has 1 unspecified atom stereocenters. The molecule has 1 aliphatic rings. The molecule has 0 aliphatic carbocycles. The van der Waals surface area contributed by atoms with E-state index in [2.05, 4.69) is 37.9 Å². The maximum Gasteiger partial charge on any atom is 0.0920 e. The first-order valence-corrected chi connectivity index (χ1v) is 4.05. The smallest absolute Gasteiger partial charge is 0.0920 e. The van der Waals surface area contributed by atoms with E-state index in [9.17, 15) is 0 Å². The minimum Gasteiger partial charge on any atom is -0.181 e. The van der Waals surface area contributed by atoms with Gasteiger partial charge in [0.2, 0.25) is 0 Å². The van der Waals surface area contributed by atoms with E-state index in [1.54, 1.807) is 0 Å². The van der Waals surface area contributed by atoms with Crippen LogP contribution in [0.15, 0.2) is 21.5 Å². The Morgan fingerprint density at radius 1 is 1.27 bits per heavy atom. The zero-order valence-corrected chi connectivity index (χ0v) is 7.97. The molecule has 11 heavy (non-hydrogen) atoms. The maximum absolute atomic E-state index is 4.12. The number of azo groups is 1. The largest absolute Gasteiger partial charge is 0.181 e. The van der Waals surface area contributed by atoms with E-state index in [0.29, 0.717) is 0 Å². The molecule has 0 N–H and O–H groups in total. The Hall–Kier alpha value is -0.660.